The van der Waals surface area contributed by atoms with Gasteiger partial charge in [0.15, 0.2) is 12.1 Å². The van der Waals surface area contributed by atoms with Crippen molar-refractivity contribution in [3.05, 3.63) is 12.2 Å². The number of hydrogen-bond acceptors (Lipinski definition) is 9. The van der Waals surface area contributed by atoms with Crippen LogP contribution in [0.4, 0.5) is 0 Å². The minimum Gasteiger partial charge on any atom is -0.394 e. The fraction of sp³-hybridized carbons (Fsp3) is 0.932. The molecule has 0 amide bonds. The maximum atomic E-state index is 13.4. The Morgan fingerprint density at radius 2 is 1.02 bits per heavy atom. The molecular formula is C44H84O9. The van der Waals surface area contributed by atoms with Crippen molar-refractivity contribution in [3.63, 3.8) is 0 Å². The number of ether oxygens (including phenoxy) is 2. The Labute approximate surface area is 324 Å². The van der Waals surface area contributed by atoms with Crippen molar-refractivity contribution >= 4 is 5.78 Å². The first-order valence-electron chi connectivity index (χ1n) is 22.3. The van der Waals surface area contributed by atoms with E-state index in [0.717, 1.165) is 38.5 Å². The fourth-order valence-electron chi connectivity index (χ4n) is 7.32. The lowest BCUT2D eigenvalue weighted by Gasteiger charge is -2.40. The molecule has 6 N–H and O–H groups in total. The molecule has 53 heavy (non-hydrogen) atoms. The number of hydrogen-bond donors (Lipinski definition) is 6. The summed E-state index contributed by atoms with van der Waals surface area (Å²) in [4.78, 5) is 13.4. The van der Waals surface area contributed by atoms with Crippen molar-refractivity contribution in [2.24, 2.45) is 5.92 Å². The maximum Gasteiger partial charge on any atom is 0.186 e. The van der Waals surface area contributed by atoms with Crippen LogP contribution in [0.1, 0.15) is 200 Å². The highest BCUT2D eigenvalue weighted by molar-refractivity contribution is 5.86. The van der Waals surface area contributed by atoms with E-state index in [1.54, 1.807) is 6.08 Å². The highest BCUT2D eigenvalue weighted by Gasteiger charge is 2.44. The molecule has 9 nitrogen and oxygen atoms in total. The van der Waals surface area contributed by atoms with Crippen LogP contribution < -0.4 is 0 Å². The minimum absolute atomic E-state index is 0.295. The van der Waals surface area contributed by atoms with Crippen LogP contribution in [0, 0.1) is 5.92 Å². The van der Waals surface area contributed by atoms with E-state index in [9.17, 15) is 35.4 Å². The molecule has 9 heteroatoms. The standard InChI is InChI=1S/C44H84O9/c1-3-5-7-9-11-13-15-17-18-19-20-21-23-25-27-29-31-33-38(47)40(48)36(35-52-44-43(51)42(50)41(49)39(34-45)53-44)37(46)32-30-28-26-24-22-16-14-12-10-8-6-4-2/h30,32,36-39,41-47,49-51H,3-29,31,33-35H2,1-2H3/b32-30+/t36-,37+,38+,39+,41-,42-,43+,44+/m0/s1. The van der Waals surface area contributed by atoms with Crippen molar-refractivity contribution in [2.75, 3.05) is 13.2 Å². The average Bonchev–Trinajstić information content (AvgIpc) is 3.16. The number of aliphatic hydroxyl groups is 6. The second-order valence-electron chi connectivity index (χ2n) is 15.9. The number of carbonyl (C=O) groups is 1. The van der Waals surface area contributed by atoms with Crippen molar-refractivity contribution < 1.29 is 44.9 Å². The number of rotatable bonds is 37. The molecule has 0 aromatic rings. The van der Waals surface area contributed by atoms with E-state index < -0.39 is 61.2 Å². The Bertz CT molecular complexity index is 853. The highest BCUT2D eigenvalue weighted by Crippen LogP contribution is 2.24. The van der Waals surface area contributed by atoms with Crippen LogP contribution in [0.25, 0.3) is 0 Å². The first kappa shape index (κ1) is 50.1. The Balaban J connectivity index is 2.43. The lowest BCUT2D eigenvalue weighted by atomic mass is 9.91. The zero-order valence-corrected chi connectivity index (χ0v) is 34.1. The molecule has 0 aromatic carbocycles. The van der Waals surface area contributed by atoms with E-state index in [0.29, 0.717) is 12.8 Å². The smallest absolute Gasteiger partial charge is 0.186 e. The molecule has 1 fully saturated rings. The summed E-state index contributed by atoms with van der Waals surface area (Å²) in [5, 5.41) is 62.1. The molecule has 0 spiro atoms. The molecule has 0 saturated carbocycles. The van der Waals surface area contributed by atoms with Crippen LogP contribution in [-0.4, -0.2) is 92.5 Å². The Hall–Kier alpha value is -0.910. The Kier molecular flexibility index (Phi) is 32.5. The van der Waals surface area contributed by atoms with Crippen LogP contribution in [-0.2, 0) is 14.3 Å². The van der Waals surface area contributed by atoms with Crippen LogP contribution in [0.3, 0.4) is 0 Å². The molecule has 314 valence electrons. The molecular weight excluding hydrogens is 672 g/mol. The van der Waals surface area contributed by atoms with Crippen molar-refractivity contribution in [2.45, 2.75) is 243 Å². The molecule has 8 atom stereocenters. The summed E-state index contributed by atoms with van der Waals surface area (Å²) < 4.78 is 11.1. The summed E-state index contributed by atoms with van der Waals surface area (Å²) >= 11 is 0. The highest BCUT2D eigenvalue weighted by atomic mass is 16.7. The topological polar surface area (TPSA) is 157 Å². The van der Waals surface area contributed by atoms with Gasteiger partial charge in [0.2, 0.25) is 0 Å². The normalized spacial score (nSPS) is 22.4. The van der Waals surface area contributed by atoms with Gasteiger partial charge < -0.3 is 40.1 Å². The van der Waals surface area contributed by atoms with E-state index in [4.69, 9.17) is 9.47 Å². The van der Waals surface area contributed by atoms with E-state index >= 15 is 0 Å². The van der Waals surface area contributed by atoms with Gasteiger partial charge >= 0.3 is 0 Å². The number of Topliss-reactive ketones (excluding diaryl/α,β-unsaturated/α-hetero) is 1. The third-order valence-corrected chi connectivity index (χ3v) is 11.0. The van der Waals surface area contributed by atoms with Gasteiger partial charge in [-0.05, 0) is 19.3 Å². The van der Waals surface area contributed by atoms with E-state index in [2.05, 4.69) is 13.8 Å². The third-order valence-electron chi connectivity index (χ3n) is 11.0. The molecule has 1 aliphatic heterocycles. The zero-order chi connectivity index (χ0) is 38.9. The molecule has 0 radical (unpaired) electrons. The van der Waals surface area contributed by atoms with Gasteiger partial charge in [-0.2, -0.15) is 0 Å². The zero-order valence-electron chi connectivity index (χ0n) is 34.1. The predicted molar refractivity (Wildman–Crippen MR) is 215 cm³/mol. The first-order valence-corrected chi connectivity index (χ1v) is 22.3. The average molecular weight is 757 g/mol. The Morgan fingerprint density at radius 1 is 0.604 bits per heavy atom. The third kappa shape index (κ3) is 24.4. The van der Waals surface area contributed by atoms with Gasteiger partial charge in [-0.1, -0.05) is 193 Å². The van der Waals surface area contributed by atoms with Crippen LogP contribution in [0.2, 0.25) is 0 Å². The van der Waals surface area contributed by atoms with E-state index in [1.807, 2.05) is 6.08 Å². The quantitative estimate of drug-likeness (QED) is 0.0270. The monoisotopic (exact) mass is 757 g/mol. The summed E-state index contributed by atoms with van der Waals surface area (Å²) in [6.07, 6.45) is 28.3. The molecule has 1 saturated heterocycles. The first-order chi connectivity index (χ1) is 25.8. The van der Waals surface area contributed by atoms with Crippen molar-refractivity contribution in [1.29, 1.82) is 0 Å². The van der Waals surface area contributed by atoms with Gasteiger partial charge in [0.05, 0.1) is 25.2 Å². The summed E-state index contributed by atoms with van der Waals surface area (Å²) in [5.74, 6) is -1.66. The largest absolute Gasteiger partial charge is 0.394 e. The lowest BCUT2D eigenvalue weighted by Crippen LogP contribution is -2.59. The molecule has 0 unspecified atom stereocenters. The van der Waals surface area contributed by atoms with Gasteiger partial charge in [-0.25, -0.2) is 0 Å². The number of aliphatic hydroxyl groups excluding tert-OH is 6. The molecule has 1 rings (SSSR count). The molecule has 0 aromatic heterocycles. The van der Waals surface area contributed by atoms with Crippen molar-refractivity contribution in [3.8, 4) is 0 Å². The van der Waals surface area contributed by atoms with Gasteiger partial charge in [-0.3, -0.25) is 4.79 Å². The van der Waals surface area contributed by atoms with Crippen LogP contribution >= 0.6 is 0 Å². The summed E-state index contributed by atoms with van der Waals surface area (Å²) in [7, 11) is 0. The predicted octanol–water partition coefficient (Wildman–Crippen LogP) is 8.62. The number of unbranched alkanes of at least 4 members (excludes halogenated alkanes) is 26. The van der Waals surface area contributed by atoms with Gasteiger partial charge in [0, 0.05) is 0 Å². The van der Waals surface area contributed by atoms with Crippen LogP contribution in [0.15, 0.2) is 12.2 Å². The molecule has 1 aliphatic rings. The SMILES string of the molecule is CCCCCCCCCCCC/C=C/[C@@H](O)[C@H](CO[C@@H]1O[C@H](CO)[C@H](O)[C@H](O)[C@H]1O)C(=O)[C@H](O)CCCCCCCCCCCCCCCCCCC. The van der Waals surface area contributed by atoms with E-state index in [1.165, 1.54) is 135 Å². The summed E-state index contributed by atoms with van der Waals surface area (Å²) in [6, 6.07) is 0. The summed E-state index contributed by atoms with van der Waals surface area (Å²) in [5.41, 5.74) is 0. The second-order valence-corrected chi connectivity index (χ2v) is 15.9. The molecule has 1 heterocycles. The van der Waals surface area contributed by atoms with Gasteiger partial charge in [0.25, 0.3) is 0 Å². The number of allylic oxidation sites excluding steroid dienone is 1. The summed E-state index contributed by atoms with van der Waals surface area (Å²) in [6.45, 7) is 3.52. The number of carbonyl (C=O) groups excluding carboxylic acids is 1. The lowest BCUT2D eigenvalue weighted by molar-refractivity contribution is -0.303. The van der Waals surface area contributed by atoms with Crippen LogP contribution in [0.5, 0.6) is 0 Å². The molecule has 0 bridgehead atoms. The fourth-order valence-corrected chi connectivity index (χ4v) is 7.32. The minimum atomic E-state index is -1.62. The molecule has 0 aliphatic carbocycles. The maximum absolute atomic E-state index is 13.4. The van der Waals surface area contributed by atoms with Crippen molar-refractivity contribution in [1.82, 2.24) is 0 Å². The number of ketones is 1. The Morgan fingerprint density at radius 3 is 1.45 bits per heavy atom. The van der Waals surface area contributed by atoms with E-state index in [-0.39, 0.29) is 6.61 Å². The second kappa shape index (κ2) is 34.3. The van der Waals surface area contributed by atoms with Gasteiger partial charge in [-0.15, -0.1) is 0 Å². The van der Waals surface area contributed by atoms with Gasteiger partial charge in [0.1, 0.15) is 30.5 Å².